The fraction of sp³-hybridized carbons (Fsp3) is 0.545. The summed E-state index contributed by atoms with van der Waals surface area (Å²) in [5, 5.41) is 7.07. The summed E-state index contributed by atoms with van der Waals surface area (Å²) in [6, 6.07) is 4.72. The van der Waals surface area contributed by atoms with Crippen molar-refractivity contribution in [1.29, 1.82) is 0 Å². The maximum atomic E-state index is 13.5. The van der Waals surface area contributed by atoms with Gasteiger partial charge in [-0.2, -0.15) is 0 Å². The highest BCUT2D eigenvalue weighted by Gasteiger charge is 2.21. The minimum absolute atomic E-state index is 0.0656. The number of fused-ring (bicyclic) bond motifs is 1. The predicted octanol–water partition coefficient (Wildman–Crippen LogP) is 2.49. The van der Waals surface area contributed by atoms with Crippen molar-refractivity contribution < 1.29 is 13.6 Å². The van der Waals surface area contributed by atoms with Gasteiger partial charge < -0.3 is 20.0 Å². The van der Waals surface area contributed by atoms with Crippen LogP contribution in [0.2, 0.25) is 0 Å². The summed E-state index contributed by atoms with van der Waals surface area (Å²) in [6.45, 7) is 12.7. The molecule has 1 saturated heterocycles. The molecule has 1 aromatic heterocycles. The van der Waals surface area contributed by atoms with Crippen LogP contribution in [0.3, 0.4) is 0 Å². The zero-order valence-electron chi connectivity index (χ0n) is 18.3. The van der Waals surface area contributed by atoms with Gasteiger partial charge in [-0.25, -0.2) is 9.38 Å². The Morgan fingerprint density at radius 1 is 1.27 bits per heavy atom. The van der Waals surface area contributed by atoms with Crippen LogP contribution in [0, 0.1) is 12.7 Å². The van der Waals surface area contributed by atoms with Crippen LogP contribution in [0.1, 0.15) is 32.1 Å². The van der Waals surface area contributed by atoms with Crippen LogP contribution in [0.4, 0.5) is 4.39 Å². The molecule has 0 spiro atoms. The first kappa shape index (κ1) is 22.1. The molecule has 164 valence electrons. The lowest BCUT2D eigenvalue weighted by Crippen LogP contribution is -2.54. The minimum atomic E-state index is -0.269. The number of nitrogens with zero attached hydrogens (tertiary/aromatic N) is 3. The third-order valence-electron chi connectivity index (χ3n) is 5.19. The Hall–Kier alpha value is -2.61. The van der Waals surface area contributed by atoms with Crippen molar-refractivity contribution in [3.63, 3.8) is 0 Å². The van der Waals surface area contributed by atoms with Gasteiger partial charge in [0.05, 0.1) is 6.54 Å². The van der Waals surface area contributed by atoms with Gasteiger partial charge in [-0.05, 0) is 45.9 Å². The van der Waals surface area contributed by atoms with Gasteiger partial charge in [0.15, 0.2) is 5.96 Å². The van der Waals surface area contributed by atoms with E-state index in [4.69, 9.17) is 9.41 Å². The number of halogens is 1. The molecule has 1 aliphatic heterocycles. The number of guanidine groups is 1. The van der Waals surface area contributed by atoms with Gasteiger partial charge in [-0.3, -0.25) is 9.69 Å². The Kier molecular flexibility index (Phi) is 7.31. The number of furan rings is 1. The maximum Gasteiger partial charge on any atom is 0.234 e. The summed E-state index contributed by atoms with van der Waals surface area (Å²) in [5.41, 5.74) is 1.60. The molecule has 7 nitrogen and oxygen atoms in total. The standard InChI is InChI=1S/C22H32FN5O2/c1-5-24-22(28-10-8-27(9-11-28)14-21(29)26-15(2)3)25-13-20-16(4)18-12-17(23)6-7-19(18)30-20/h6-7,12,15H,5,8-11,13-14H2,1-4H3,(H,24,25)(H,26,29). The average Bonchev–Trinajstić information content (AvgIpc) is 3.00. The van der Waals surface area contributed by atoms with E-state index < -0.39 is 0 Å². The molecule has 30 heavy (non-hydrogen) atoms. The Labute approximate surface area is 177 Å². The number of hydrogen-bond donors (Lipinski definition) is 2. The second-order valence-corrected chi connectivity index (χ2v) is 7.95. The lowest BCUT2D eigenvalue weighted by atomic mass is 10.1. The fourth-order valence-electron chi connectivity index (χ4n) is 3.66. The van der Waals surface area contributed by atoms with Crippen molar-refractivity contribution in [1.82, 2.24) is 20.4 Å². The van der Waals surface area contributed by atoms with Crippen LogP contribution in [0.25, 0.3) is 11.0 Å². The monoisotopic (exact) mass is 417 g/mol. The first-order valence-corrected chi connectivity index (χ1v) is 10.6. The van der Waals surface area contributed by atoms with E-state index >= 15 is 0 Å². The summed E-state index contributed by atoms with van der Waals surface area (Å²) < 4.78 is 19.4. The van der Waals surface area contributed by atoms with Crippen molar-refractivity contribution in [2.75, 3.05) is 39.3 Å². The molecule has 0 unspecified atom stereocenters. The third kappa shape index (κ3) is 5.50. The van der Waals surface area contributed by atoms with Crippen LogP contribution in [0.15, 0.2) is 27.6 Å². The molecule has 0 aliphatic carbocycles. The molecular weight excluding hydrogens is 385 g/mol. The molecule has 2 heterocycles. The smallest absolute Gasteiger partial charge is 0.234 e. The normalized spacial score (nSPS) is 15.8. The molecule has 2 N–H and O–H groups in total. The molecule has 1 fully saturated rings. The molecule has 0 bridgehead atoms. The number of piperazine rings is 1. The molecular formula is C22H32FN5O2. The summed E-state index contributed by atoms with van der Waals surface area (Å²) in [4.78, 5) is 21.1. The molecule has 8 heteroatoms. The highest BCUT2D eigenvalue weighted by molar-refractivity contribution is 5.83. The Bertz CT molecular complexity index is 900. The predicted molar refractivity (Wildman–Crippen MR) is 117 cm³/mol. The first-order valence-electron chi connectivity index (χ1n) is 10.6. The lowest BCUT2D eigenvalue weighted by molar-refractivity contribution is -0.123. The van der Waals surface area contributed by atoms with Crippen molar-refractivity contribution in [3.05, 3.63) is 35.3 Å². The molecule has 1 aromatic carbocycles. The quantitative estimate of drug-likeness (QED) is 0.558. The number of aliphatic imine (C=N–C) groups is 1. The number of benzene rings is 1. The molecule has 0 saturated carbocycles. The van der Waals surface area contributed by atoms with Crippen molar-refractivity contribution in [2.24, 2.45) is 4.99 Å². The second kappa shape index (κ2) is 9.93. The van der Waals surface area contributed by atoms with Crippen LogP contribution in [-0.4, -0.2) is 67.0 Å². The highest BCUT2D eigenvalue weighted by Crippen LogP contribution is 2.26. The van der Waals surface area contributed by atoms with E-state index in [0.29, 0.717) is 18.7 Å². The van der Waals surface area contributed by atoms with E-state index in [0.717, 1.165) is 55.4 Å². The van der Waals surface area contributed by atoms with Gasteiger partial charge in [0.1, 0.15) is 23.7 Å². The van der Waals surface area contributed by atoms with Crippen LogP contribution >= 0.6 is 0 Å². The second-order valence-electron chi connectivity index (χ2n) is 7.95. The van der Waals surface area contributed by atoms with E-state index in [1.54, 1.807) is 6.07 Å². The molecule has 0 atom stereocenters. The minimum Gasteiger partial charge on any atom is -0.459 e. The number of nitrogens with one attached hydrogen (secondary N) is 2. The largest absolute Gasteiger partial charge is 0.459 e. The van der Waals surface area contributed by atoms with Gasteiger partial charge in [0.25, 0.3) is 0 Å². The first-order chi connectivity index (χ1) is 14.4. The van der Waals surface area contributed by atoms with Gasteiger partial charge in [-0.15, -0.1) is 0 Å². The molecule has 2 aromatic rings. The zero-order chi connectivity index (χ0) is 21.7. The SMILES string of the molecule is CCNC(=NCc1oc2ccc(F)cc2c1C)N1CCN(CC(=O)NC(C)C)CC1. The Morgan fingerprint density at radius 3 is 2.67 bits per heavy atom. The highest BCUT2D eigenvalue weighted by atomic mass is 19.1. The fourth-order valence-corrected chi connectivity index (χ4v) is 3.66. The van der Waals surface area contributed by atoms with Gasteiger partial charge in [-0.1, -0.05) is 0 Å². The van der Waals surface area contributed by atoms with Gasteiger partial charge >= 0.3 is 0 Å². The molecule has 1 amide bonds. The van der Waals surface area contributed by atoms with Gasteiger partial charge in [0, 0.05) is 49.7 Å². The number of aryl methyl sites for hydroxylation is 1. The number of hydrogen-bond acceptors (Lipinski definition) is 4. The van der Waals surface area contributed by atoms with Crippen molar-refractivity contribution >= 4 is 22.8 Å². The van der Waals surface area contributed by atoms with Crippen LogP contribution in [-0.2, 0) is 11.3 Å². The lowest BCUT2D eigenvalue weighted by Gasteiger charge is -2.36. The average molecular weight is 418 g/mol. The van der Waals surface area contributed by atoms with Crippen molar-refractivity contribution in [3.8, 4) is 0 Å². The van der Waals surface area contributed by atoms with Crippen LogP contribution in [0.5, 0.6) is 0 Å². The van der Waals surface area contributed by atoms with E-state index in [1.165, 1.54) is 12.1 Å². The van der Waals surface area contributed by atoms with E-state index in [-0.39, 0.29) is 17.8 Å². The number of carbonyl (C=O) groups excluding carboxylic acids is 1. The summed E-state index contributed by atoms with van der Waals surface area (Å²) in [6.07, 6.45) is 0. The Morgan fingerprint density at radius 2 is 2.00 bits per heavy atom. The van der Waals surface area contributed by atoms with E-state index in [2.05, 4.69) is 20.4 Å². The van der Waals surface area contributed by atoms with Gasteiger partial charge in [0.2, 0.25) is 5.91 Å². The topological polar surface area (TPSA) is 73.1 Å². The summed E-state index contributed by atoms with van der Waals surface area (Å²) in [5.74, 6) is 1.37. The summed E-state index contributed by atoms with van der Waals surface area (Å²) >= 11 is 0. The molecule has 3 rings (SSSR count). The number of amides is 1. The number of carbonyl (C=O) groups is 1. The zero-order valence-corrected chi connectivity index (χ0v) is 18.3. The molecule has 0 radical (unpaired) electrons. The third-order valence-corrected chi connectivity index (χ3v) is 5.19. The number of rotatable bonds is 6. The van der Waals surface area contributed by atoms with E-state index in [9.17, 15) is 9.18 Å². The Balaban J connectivity index is 1.63. The summed E-state index contributed by atoms with van der Waals surface area (Å²) in [7, 11) is 0. The van der Waals surface area contributed by atoms with E-state index in [1.807, 2.05) is 27.7 Å². The van der Waals surface area contributed by atoms with Crippen molar-refractivity contribution in [2.45, 2.75) is 40.3 Å². The molecule has 1 aliphatic rings. The maximum absolute atomic E-state index is 13.5. The van der Waals surface area contributed by atoms with Crippen LogP contribution < -0.4 is 10.6 Å².